The van der Waals surface area contributed by atoms with Crippen molar-refractivity contribution in [1.82, 2.24) is 0 Å². The summed E-state index contributed by atoms with van der Waals surface area (Å²) in [6.07, 6.45) is 0. The first kappa shape index (κ1) is 13.0. The van der Waals surface area contributed by atoms with Gasteiger partial charge < -0.3 is 10.6 Å². The van der Waals surface area contributed by atoms with Gasteiger partial charge in [0.2, 0.25) is 0 Å². The van der Waals surface area contributed by atoms with E-state index in [1.54, 1.807) is 0 Å². The molecule has 0 aromatic heterocycles. The van der Waals surface area contributed by atoms with Crippen molar-refractivity contribution in [3.63, 3.8) is 0 Å². The first-order valence-corrected chi connectivity index (χ1v) is 7.47. The summed E-state index contributed by atoms with van der Waals surface area (Å²) >= 11 is 0. The Balaban J connectivity index is 2.32. The van der Waals surface area contributed by atoms with Gasteiger partial charge in [0.05, 0.1) is 0 Å². The summed E-state index contributed by atoms with van der Waals surface area (Å²) in [6, 6.07) is 21.3. The van der Waals surface area contributed by atoms with Crippen molar-refractivity contribution >= 4 is 43.7 Å². The highest BCUT2D eigenvalue weighted by atomic mass is 15.1. The highest BCUT2D eigenvalue weighted by Crippen LogP contribution is 2.38. The fourth-order valence-electron chi connectivity index (χ4n) is 3.33. The third-order valence-corrected chi connectivity index (χ3v) is 4.37. The minimum Gasteiger partial charge on any atom is -0.398 e. The maximum atomic E-state index is 6.30. The van der Waals surface area contributed by atoms with Crippen LogP contribution in [0.1, 0.15) is 0 Å². The zero-order valence-electron chi connectivity index (χ0n) is 12.8. The van der Waals surface area contributed by atoms with E-state index in [0.717, 1.165) is 11.1 Å². The molecule has 4 rings (SSSR count). The first-order valence-electron chi connectivity index (χ1n) is 7.47. The summed E-state index contributed by atoms with van der Waals surface area (Å²) in [5.74, 6) is 0. The molecule has 0 saturated carbocycles. The number of rotatable bonds is 1. The number of fused-ring (bicyclic) bond motifs is 5. The summed E-state index contributed by atoms with van der Waals surface area (Å²) in [4.78, 5) is 2.17. The SMILES string of the molecule is CN(C)c1cc2c3ccccc3c(N)cc2c2ccccc12. The summed E-state index contributed by atoms with van der Waals surface area (Å²) in [5.41, 5.74) is 8.37. The molecule has 0 spiro atoms. The van der Waals surface area contributed by atoms with Gasteiger partial charge in [0.1, 0.15) is 0 Å². The molecule has 108 valence electrons. The number of nitrogens with zero attached hydrogens (tertiary/aromatic N) is 1. The molecular formula is C20H18N2. The van der Waals surface area contributed by atoms with Gasteiger partial charge in [-0.05, 0) is 33.7 Å². The third kappa shape index (κ3) is 1.74. The van der Waals surface area contributed by atoms with E-state index in [9.17, 15) is 0 Å². The van der Waals surface area contributed by atoms with Crippen molar-refractivity contribution in [3.05, 3.63) is 60.7 Å². The standard InChI is InChI=1S/C20H18N2/c1-22(2)20-12-18-13-7-3-5-9-15(13)19(21)11-17(18)14-8-4-6-10-16(14)20/h3-12H,21H2,1-2H3. The molecule has 22 heavy (non-hydrogen) atoms. The summed E-state index contributed by atoms with van der Waals surface area (Å²) < 4.78 is 0. The largest absolute Gasteiger partial charge is 0.398 e. The minimum atomic E-state index is 0.839. The quantitative estimate of drug-likeness (QED) is 0.402. The molecule has 0 aliphatic rings. The molecule has 2 N–H and O–H groups in total. The van der Waals surface area contributed by atoms with Crippen LogP contribution in [0.3, 0.4) is 0 Å². The maximum Gasteiger partial charge on any atom is 0.0447 e. The molecule has 0 amide bonds. The second kappa shape index (κ2) is 4.63. The molecule has 4 aromatic carbocycles. The molecular weight excluding hydrogens is 268 g/mol. The van der Waals surface area contributed by atoms with Gasteiger partial charge >= 0.3 is 0 Å². The molecule has 0 atom stereocenters. The fraction of sp³-hybridized carbons (Fsp3) is 0.100. The molecule has 0 unspecified atom stereocenters. The van der Waals surface area contributed by atoms with Crippen LogP contribution in [0.25, 0.3) is 32.3 Å². The molecule has 0 radical (unpaired) electrons. The van der Waals surface area contributed by atoms with E-state index in [4.69, 9.17) is 5.73 Å². The average Bonchev–Trinajstić information content (AvgIpc) is 2.54. The van der Waals surface area contributed by atoms with Crippen molar-refractivity contribution in [2.75, 3.05) is 24.7 Å². The first-order chi connectivity index (χ1) is 10.7. The Morgan fingerprint density at radius 1 is 0.636 bits per heavy atom. The lowest BCUT2D eigenvalue weighted by Gasteiger charge is -2.19. The summed E-state index contributed by atoms with van der Waals surface area (Å²) in [7, 11) is 4.18. The van der Waals surface area contributed by atoms with Gasteiger partial charge in [0, 0.05) is 36.2 Å². The van der Waals surface area contributed by atoms with Crippen LogP contribution >= 0.6 is 0 Å². The van der Waals surface area contributed by atoms with Crippen LogP contribution in [0.2, 0.25) is 0 Å². The normalized spacial score (nSPS) is 11.4. The van der Waals surface area contributed by atoms with Crippen molar-refractivity contribution < 1.29 is 0 Å². The smallest absolute Gasteiger partial charge is 0.0447 e. The molecule has 0 aliphatic carbocycles. The molecule has 0 bridgehead atoms. The maximum absolute atomic E-state index is 6.30. The highest BCUT2D eigenvalue weighted by molar-refractivity contribution is 6.22. The summed E-state index contributed by atoms with van der Waals surface area (Å²) in [6.45, 7) is 0. The molecule has 2 heteroatoms. The van der Waals surface area contributed by atoms with Gasteiger partial charge in [-0.3, -0.25) is 0 Å². The molecule has 0 saturated heterocycles. The Morgan fingerprint density at radius 2 is 1.14 bits per heavy atom. The Kier molecular flexibility index (Phi) is 2.73. The Morgan fingerprint density at radius 3 is 1.77 bits per heavy atom. The van der Waals surface area contributed by atoms with Gasteiger partial charge in [-0.2, -0.15) is 0 Å². The third-order valence-electron chi connectivity index (χ3n) is 4.37. The second-order valence-corrected chi connectivity index (χ2v) is 5.94. The van der Waals surface area contributed by atoms with E-state index in [1.807, 2.05) is 6.07 Å². The predicted molar refractivity (Wildman–Crippen MR) is 97.7 cm³/mol. The molecule has 4 aromatic rings. The van der Waals surface area contributed by atoms with E-state index in [2.05, 4.69) is 73.6 Å². The molecule has 0 fully saturated rings. The van der Waals surface area contributed by atoms with Crippen molar-refractivity contribution in [3.8, 4) is 0 Å². The zero-order valence-corrected chi connectivity index (χ0v) is 12.8. The van der Waals surface area contributed by atoms with Crippen LogP contribution in [0.5, 0.6) is 0 Å². The van der Waals surface area contributed by atoms with Gasteiger partial charge in [-0.15, -0.1) is 0 Å². The van der Waals surface area contributed by atoms with E-state index in [0.29, 0.717) is 0 Å². The number of nitrogen functional groups attached to an aromatic ring is 1. The van der Waals surface area contributed by atoms with Crippen molar-refractivity contribution in [2.24, 2.45) is 0 Å². The lowest BCUT2D eigenvalue weighted by Crippen LogP contribution is -2.09. The van der Waals surface area contributed by atoms with Gasteiger partial charge in [-0.1, -0.05) is 48.5 Å². The zero-order chi connectivity index (χ0) is 15.3. The molecule has 0 heterocycles. The van der Waals surface area contributed by atoms with Crippen molar-refractivity contribution in [2.45, 2.75) is 0 Å². The number of benzene rings is 4. The lowest BCUT2D eigenvalue weighted by atomic mass is 9.94. The van der Waals surface area contributed by atoms with E-state index < -0.39 is 0 Å². The summed E-state index contributed by atoms with van der Waals surface area (Å²) in [5, 5.41) is 7.32. The van der Waals surface area contributed by atoms with Gasteiger partial charge in [-0.25, -0.2) is 0 Å². The average molecular weight is 286 g/mol. The van der Waals surface area contributed by atoms with Crippen LogP contribution in [0.4, 0.5) is 11.4 Å². The Labute approximate surface area is 129 Å². The Hall–Kier alpha value is -2.74. The lowest BCUT2D eigenvalue weighted by molar-refractivity contribution is 1.15. The van der Waals surface area contributed by atoms with Crippen molar-refractivity contribution in [1.29, 1.82) is 0 Å². The second-order valence-electron chi connectivity index (χ2n) is 5.94. The van der Waals surface area contributed by atoms with Gasteiger partial charge in [0.15, 0.2) is 0 Å². The van der Waals surface area contributed by atoms with Crippen LogP contribution in [-0.2, 0) is 0 Å². The van der Waals surface area contributed by atoms with E-state index >= 15 is 0 Å². The fourth-order valence-corrected chi connectivity index (χ4v) is 3.33. The van der Waals surface area contributed by atoms with E-state index in [-0.39, 0.29) is 0 Å². The monoisotopic (exact) mass is 286 g/mol. The van der Waals surface area contributed by atoms with Crippen LogP contribution < -0.4 is 10.6 Å². The number of anilines is 2. The Bertz CT molecular complexity index is 1020. The minimum absolute atomic E-state index is 0.839. The number of nitrogens with two attached hydrogens (primary N) is 1. The van der Waals surface area contributed by atoms with Gasteiger partial charge in [0.25, 0.3) is 0 Å². The molecule has 0 aliphatic heterocycles. The van der Waals surface area contributed by atoms with Crippen LogP contribution in [0, 0.1) is 0 Å². The van der Waals surface area contributed by atoms with Crippen LogP contribution in [-0.4, -0.2) is 14.1 Å². The topological polar surface area (TPSA) is 29.3 Å². The predicted octanol–water partition coefficient (Wildman–Crippen LogP) is 4.79. The number of hydrogen-bond donors (Lipinski definition) is 1. The molecule has 2 nitrogen and oxygen atoms in total. The van der Waals surface area contributed by atoms with Crippen LogP contribution in [0.15, 0.2) is 60.7 Å². The number of hydrogen-bond acceptors (Lipinski definition) is 2. The van der Waals surface area contributed by atoms with E-state index in [1.165, 1.54) is 32.6 Å². The highest BCUT2D eigenvalue weighted by Gasteiger charge is 2.11.